The lowest BCUT2D eigenvalue weighted by Crippen LogP contribution is -2.35. The van der Waals surface area contributed by atoms with E-state index in [4.69, 9.17) is 26.5 Å². The molecule has 0 radical (unpaired) electrons. The van der Waals surface area contributed by atoms with Crippen LogP contribution in [0.15, 0.2) is 63.0 Å². The molecule has 1 N–H and O–H groups in total. The number of fused-ring (bicyclic) bond motifs is 1. The molecule has 2 aliphatic rings. The summed E-state index contributed by atoms with van der Waals surface area (Å²) in [6.45, 7) is 4.84. The van der Waals surface area contributed by atoms with Crippen LogP contribution < -0.4 is 9.47 Å². The van der Waals surface area contributed by atoms with Crippen LogP contribution in [0.25, 0.3) is 6.08 Å². The van der Waals surface area contributed by atoms with Crippen LogP contribution in [0.3, 0.4) is 0 Å². The van der Waals surface area contributed by atoms with Gasteiger partial charge in [-0.1, -0.05) is 24.6 Å². The van der Waals surface area contributed by atoms with Gasteiger partial charge in [-0.25, -0.2) is 0 Å². The van der Waals surface area contributed by atoms with Crippen LogP contribution >= 0.6 is 35.1 Å². The lowest BCUT2D eigenvalue weighted by molar-refractivity contribution is -0.114. The normalized spacial score (nSPS) is 16.4. The van der Waals surface area contributed by atoms with Gasteiger partial charge in [0.1, 0.15) is 5.04 Å². The lowest BCUT2D eigenvalue weighted by Gasteiger charge is -2.20. The highest BCUT2D eigenvalue weighted by atomic mass is 35.5. The highest BCUT2D eigenvalue weighted by molar-refractivity contribution is 8.26. The van der Waals surface area contributed by atoms with E-state index in [9.17, 15) is 4.79 Å². The van der Waals surface area contributed by atoms with Crippen LogP contribution in [0.4, 0.5) is 0 Å². The first kappa shape index (κ1) is 24.4. The van der Waals surface area contributed by atoms with Crippen LogP contribution in [0.2, 0.25) is 5.02 Å². The number of hydrogen-bond acceptors (Lipinski definition) is 7. The Balaban J connectivity index is 1.46. The van der Waals surface area contributed by atoms with Crippen LogP contribution in [-0.2, 0) is 4.79 Å². The number of nitrogens with one attached hydrogen (secondary N) is 1. The molecule has 1 amide bonds. The molecule has 0 saturated carbocycles. The lowest BCUT2D eigenvalue weighted by atomic mass is 10.1. The van der Waals surface area contributed by atoms with Crippen molar-refractivity contribution in [3.63, 3.8) is 0 Å². The maximum Gasteiger partial charge on any atom is 0.283 e. The summed E-state index contributed by atoms with van der Waals surface area (Å²) in [5.74, 6) is 1.53. The fourth-order valence-electron chi connectivity index (χ4n) is 3.19. The first-order valence-electron chi connectivity index (χ1n) is 10.8. The number of hydrogen-bond donors (Lipinski definition) is 1. The number of halogens is 1. The summed E-state index contributed by atoms with van der Waals surface area (Å²) in [6.07, 6.45) is 2.36. The second-order valence-electron chi connectivity index (χ2n) is 7.16. The van der Waals surface area contributed by atoms with Gasteiger partial charge in [-0.15, -0.1) is 11.8 Å². The number of benzene rings is 2. The zero-order valence-corrected chi connectivity index (χ0v) is 21.1. The largest absolute Gasteiger partial charge is 0.490 e. The number of nitrogens with zero attached hydrogens (tertiary/aromatic N) is 3. The average Bonchev–Trinajstić information content (AvgIpc) is 3.25. The summed E-state index contributed by atoms with van der Waals surface area (Å²) in [7, 11) is 0. The van der Waals surface area contributed by atoms with Gasteiger partial charge < -0.3 is 9.47 Å². The van der Waals surface area contributed by atoms with Gasteiger partial charge in [-0.3, -0.25) is 10.2 Å². The van der Waals surface area contributed by atoms with Gasteiger partial charge in [0.25, 0.3) is 5.91 Å². The molecule has 2 aromatic rings. The Labute approximate surface area is 211 Å². The number of amidine groups is 2. The molecule has 2 heterocycles. The molecule has 2 aliphatic heterocycles. The predicted octanol–water partition coefficient (Wildman–Crippen LogP) is 5.94. The fraction of sp³-hybridized carbons (Fsp3) is 0.250. The van der Waals surface area contributed by atoms with Crippen molar-refractivity contribution in [3.8, 4) is 11.5 Å². The Kier molecular flexibility index (Phi) is 7.97. The van der Waals surface area contributed by atoms with Crippen LogP contribution in [0, 0.1) is 5.41 Å². The smallest absolute Gasteiger partial charge is 0.283 e. The highest BCUT2D eigenvalue weighted by Crippen LogP contribution is 2.32. The van der Waals surface area contributed by atoms with Gasteiger partial charge in [0, 0.05) is 15.7 Å². The molecular formula is C24H23ClN4O3S2. The fourth-order valence-corrected chi connectivity index (χ4v) is 4.87. The van der Waals surface area contributed by atoms with Gasteiger partial charge in [0.2, 0.25) is 5.17 Å². The summed E-state index contributed by atoms with van der Waals surface area (Å²) < 4.78 is 11.7. The number of ether oxygens (including phenoxy) is 2. The van der Waals surface area contributed by atoms with Crippen molar-refractivity contribution in [2.75, 3.05) is 19.0 Å². The van der Waals surface area contributed by atoms with Crippen LogP contribution in [0.5, 0.6) is 11.5 Å². The van der Waals surface area contributed by atoms with Crippen molar-refractivity contribution < 1.29 is 14.3 Å². The van der Waals surface area contributed by atoms with Crippen molar-refractivity contribution in [2.24, 2.45) is 10.1 Å². The average molecular weight is 515 g/mol. The number of carbonyl (C=O) groups excluding carboxylic acids is 1. The van der Waals surface area contributed by atoms with E-state index in [1.165, 1.54) is 16.8 Å². The third-order valence-electron chi connectivity index (χ3n) is 4.80. The molecule has 0 saturated heterocycles. The molecule has 0 fully saturated rings. The molecule has 4 rings (SSSR count). The molecule has 34 heavy (non-hydrogen) atoms. The van der Waals surface area contributed by atoms with E-state index in [1.54, 1.807) is 23.9 Å². The molecule has 0 atom stereocenters. The summed E-state index contributed by atoms with van der Waals surface area (Å²) >= 11 is 8.93. The third-order valence-corrected chi connectivity index (χ3v) is 7.08. The number of carbonyl (C=O) groups is 1. The van der Waals surface area contributed by atoms with E-state index in [0.717, 1.165) is 22.1 Å². The minimum absolute atomic E-state index is 0.0171. The van der Waals surface area contributed by atoms with Crippen LogP contribution in [-0.4, -0.2) is 45.9 Å². The molecule has 0 aliphatic carbocycles. The van der Waals surface area contributed by atoms with Crippen molar-refractivity contribution in [2.45, 2.75) is 25.2 Å². The van der Waals surface area contributed by atoms with E-state index in [-0.39, 0.29) is 11.4 Å². The number of hydrazone groups is 1. The maximum absolute atomic E-state index is 12.6. The minimum Gasteiger partial charge on any atom is -0.490 e. The molecule has 0 spiro atoms. The van der Waals surface area contributed by atoms with E-state index in [0.29, 0.717) is 40.5 Å². The molecular weight excluding hydrogens is 492 g/mol. The first-order valence-corrected chi connectivity index (χ1v) is 12.9. The van der Waals surface area contributed by atoms with Gasteiger partial charge in [-0.2, -0.15) is 15.1 Å². The van der Waals surface area contributed by atoms with Crippen molar-refractivity contribution in [1.82, 2.24) is 5.01 Å². The van der Waals surface area contributed by atoms with Crippen molar-refractivity contribution in [1.29, 1.82) is 5.41 Å². The van der Waals surface area contributed by atoms with Crippen LogP contribution in [0.1, 0.15) is 25.8 Å². The monoisotopic (exact) mass is 514 g/mol. The third kappa shape index (κ3) is 5.65. The zero-order chi connectivity index (χ0) is 24.1. The molecule has 2 aromatic carbocycles. The number of rotatable bonds is 9. The summed E-state index contributed by atoms with van der Waals surface area (Å²) in [4.78, 5) is 17.8. The standard InChI is InChI=1S/C24H23ClN4O3S2/c1-3-21-28-29-22(26)18(23(30)27-24(29)34-21)13-15-5-10-19(20(14-15)31-4-2)32-11-12-33-17-8-6-16(25)7-9-17/h5-10,13-14,26H,3-4,11-12H2,1-2H3/b18-13-,26-22?. The topological polar surface area (TPSA) is 87.3 Å². The number of aliphatic imine (C=N–C) groups is 1. The van der Waals surface area contributed by atoms with Gasteiger partial charge in [0.15, 0.2) is 17.3 Å². The van der Waals surface area contributed by atoms with E-state index in [1.807, 2.05) is 50.2 Å². The molecule has 0 aromatic heterocycles. The Hall–Kier alpha value is -2.75. The van der Waals surface area contributed by atoms with Crippen molar-refractivity contribution >= 4 is 63.2 Å². The molecule has 176 valence electrons. The van der Waals surface area contributed by atoms with E-state index < -0.39 is 5.91 Å². The zero-order valence-electron chi connectivity index (χ0n) is 18.7. The number of thioether (sulfide) groups is 2. The first-order chi connectivity index (χ1) is 16.5. The second-order valence-corrected chi connectivity index (χ2v) is 9.80. The van der Waals surface area contributed by atoms with Crippen molar-refractivity contribution in [3.05, 3.63) is 58.6 Å². The Bertz CT molecular complexity index is 1200. The van der Waals surface area contributed by atoms with E-state index in [2.05, 4.69) is 10.1 Å². The Morgan fingerprint density at radius 1 is 1.15 bits per heavy atom. The second kappa shape index (κ2) is 11.1. The minimum atomic E-state index is -0.450. The van der Waals surface area contributed by atoms with Gasteiger partial charge in [-0.05, 0) is 73.1 Å². The van der Waals surface area contributed by atoms with Gasteiger partial charge in [0.05, 0.1) is 18.8 Å². The maximum atomic E-state index is 12.6. The molecule has 7 nitrogen and oxygen atoms in total. The number of amides is 1. The Morgan fingerprint density at radius 2 is 1.94 bits per heavy atom. The summed E-state index contributed by atoms with van der Waals surface area (Å²) in [5, 5.41) is 16.2. The summed E-state index contributed by atoms with van der Waals surface area (Å²) in [6, 6.07) is 13.1. The highest BCUT2D eigenvalue weighted by Gasteiger charge is 2.35. The molecule has 0 bridgehead atoms. The Morgan fingerprint density at radius 3 is 2.68 bits per heavy atom. The van der Waals surface area contributed by atoms with Gasteiger partial charge >= 0.3 is 0 Å². The SMILES string of the molecule is CCOc1cc(/C=C2/C(=N)N3N=C(CC)SC3=NC2=O)ccc1OCCSc1ccc(Cl)cc1. The predicted molar refractivity (Wildman–Crippen MR) is 141 cm³/mol. The molecule has 0 unspecified atom stereocenters. The summed E-state index contributed by atoms with van der Waals surface area (Å²) in [5.41, 5.74) is 0.894. The van der Waals surface area contributed by atoms with E-state index >= 15 is 0 Å². The quantitative estimate of drug-likeness (QED) is 0.253. The molecule has 10 heteroatoms.